The van der Waals surface area contributed by atoms with Crippen LogP contribution in [0.3, 0.4) is 0 Å². The first-order valence-electron chi connectivity index (χ1n) is 4.71. The summed E-state index contributed by atoms with van der Waals surface area (Å²) in [6, 6.07) is 10.2. The Bertz CT molecular complexity index is 211. The Morgan fingerprint density at radius 3 is 2.54 bits per heavy atom. The van der Waals surface area contributed by atoms with E-state index in [1.54, 1.807) is 0 Å². The minimum atomic E-state index is 0.279. The topological polar surface area (TPSA) is 34.3 Å². The van der Waals surface area contributed by atoms with Crippen LogP contribution in [0.25, 0.3) is 0 Å². The van der Waals surface area contributed by atoms with E-state index in [-0.39, 0.29) is 6.61 Å². The number of nitrogens with zero attached hydrogens (tertiary/aromatic N) is 1. The number of hydrogen-bond acceptors (Lipinski definition) is 1. The molecule has 1 rings (SSSR count). The van der Waals surface area contributed by atoms with Gasteiger partial charge in [0.25, 0.3) is 0 Å². The number of unbranched alkanes of at least 4 members (excludes halogenated alkanes) is 1. The highest BCUT2D eigenvalue weighted by molar-refractivity contribution is 5.14. The number of hydrogen-bond donors (Lipinski definition) is 1. The maximum Gasteiger partial charge on any atom is 0.0431 e. The summed E-state index contributed by atoms with van der Waals surface area (Å²) in [6.07, 6.45) is 1.85. The van der Waals surface area contributed by atoms with E-state index in [2.05, 4.69) is 17.4 Å². The Morgan fingerprint density at radius 1 is 1.08 bits per heavy atom. The number of rotatable bonds is 6. The molecule has 0 amide bonds. The van der Waals surface area contributed by atoms with Crippen molar-refractivity contribution in [3.63, 3.8) is 0 Å². The third-order valence-corrected chi connectivity index (χ3v) is 1.86. The van der Waals surface area contributed by atoms with E-state index in [1.165, 1.54) is 5.56 Å². The fourth-order valence-corrected chi connectivity index (χ4v) is 1.13. The number of aliphatic hydroxyl groups is 1. The largest absolute Gasteiger partial charge is 0.396 e. The van der Waals surface area contributed by atoms with Crippen LogP contribution in [-0.4, -0.2) is 18.3 Å². The Labute approximate surface area is 79.6 Å². The molecule has 0 atom stereocenters. The van der Waals surface area contributed by atoms with Gasteiger partial charge in [0.1, 0.15) is 0 Å². The van der Waals surface area contributed by atoms with Crippen LogP contribution < -0.4 is 5.32 Å². The van der Waals surface area contributed by atoms with E-state index in [4.69, 9.17) is 5.11 Å². The maximum atomic E-state index is 8.54. The van der Waals surface area contributed by atoms with Gasteiger partial charge >= 0.3 is 0 Å². The van der Waals surface area contributed by atoms with Crippen LogP contribution in [0.1, 0.15) is 18.4 Å². The Hall–Kier alpha value is -0.860. The zero-order valence-electron chi connectivity index (χ0n) is 7.82. The van der Waals surface area contributed by atoms with Crippen LogP contribution in [-0.2, 0) is 6.54 Å². The van der Waals surface area contributed by atoms with Gasteiger partial charge in [-0.1, -0.05) is 30.3 Å². The van der Waals surface area contributed by atoms with E-state index >= 15 is 0 Å². The third kappa shape index (κ3) is 4.65. The lowest BCUT2D eigenvalue weighted by Gasteiger charge is -2.01. The van der Waals surface area contributed by atoms with Crippen LogP contribution in [0.2, 0.25) is 0 Å². The van der Waals surface area contributed by atoms with Gasteiger partial charge in [-0.3, -0.25) is 0 Å². The fraction of sp³-hybridized carbons (Fsp3) is 0.455. The van der Waals surface area contributed by atoms with Crippen molar-refractivity contribution in [3.8, 4) is 0 Å². The van der Waals surface area contributed by atoms with Crippen molar-refractivity contribution in [1.82, 2.24) is 5.32 Å². The van der Waals surface area contributed by atoms with Gasteiger partial charge in [0.15, 0.2) is 0 Å². The van der Waals surface area contributed by atoms with Crippen LogP contribution in [0.5, 0.6) is 0 Å². The Kier molecular flexibility index (Phi) is 5.22. The molecule has 13 heavy (non-hydrogen) atoms. The highest BCUT2D eigenvalue weighted by Crippen LogP contribution is 1.98. The predicted octanol–water partition coefficient (Wildman–Crippen LogP) is 1.56. The van der Waals surface area contributed by atoms with Crippen LogP contribution in [0.4, 0.5) is 0 Å². The molecule has 0 heterocycles. The van der Waals surface area contributed by atoms with Gasteiger partial charge in [0, 0.05) is 19.7 Å². The summed E-state index contributed by atoms with van der Waals surface area (Å²) in [4.78, 5) is 0. The van der Waals surface area contributed by atoms with Crippen LogP contribution >= 0.6 is 0 Å². The molecule has 0 bridgehead atoms. The van der Waals surface area contributed by atoms with Crippen molar-refractivity contribution >= 4 is 0 Å². The summed E-state index contributed by atoms with van der Waals surface area (Å²) in [5.41, 5.74) is 1.26. The van der Waals surface area contributed by atoms with Crippen molar-refractivity contribution in [3.05, 3.63) is 35.9 Å². The smallest absolute Gasteiger partial charge is 0.0431 e. The van der Waals surface area contributed by atoms with Crippen molar-refractivity contribution in [1.29, 1.82) is 0 Å². The van der Waals surface area contributed by atoms with Crippen LogP contribution in [0, 0.1) is 0 Å². The van der Waals surface area contributed by atoms with E-state index in [1.807, 2.05) is 18.2 Å². The fourth-order valence-electron chi connectivity index (χ4n) is 1.13. The molecule has 0 aliphatic rings. The maximum absolute atomic E-state index is 8.54. The van der Waals surface area contributed by atoms with Crippen molar-refractivity contribution < 1.29 is 5.11 Å². The molecule has 0 saturated heterocycles. The van der Waals surface area contributed by atoms with Gasteiger partial charge in [-0.2, -0.15) is 0 Å². The molecule has 0 aliphatic heterocycles. The molecule has 0 unspecified atom stereocenters. The van der Waals surface area contributed by atoms with E-state index in [0.717, 1.165) is 25.9 Å². The molecule has 2 nitrogen and oxygen atoms in total. The second kappa shape index (κ2) is 6.63. The van der Waals surface area contributed by atoms with Crippen molar-refractivity contribution in [2.45, 2.75) is 19.4 Å². The molecule has 0 spiro atoms. The monoisotopic (exact) mass is 178 g/mol. The zero-order chi connectivity index (χ0) is 9.36. The van der Waals surface area contributed by atoms with E-state index in [9.17, 15) is 0 Å². The van der Waals surface area contributed by atoms with Gasteiger partial charge in [0.2, 0.25) is 0 Å². The average Bonchev–Trinajstić information content (AvgIpc) is 2.19. The zero-order valence-corrected chi connectivity index (χ0v) is 7.82. The third-order valence-electron chi connectivity index (χ3n) is 1.86. The first kappa shape index (κ1) is 10.2. The van der Waals surface area contributed by atoms with Gasteiger partial charge in [-0.15, -0.1) is 0 Å². The van der Waals surface area contributed by atoms with Gasteiger partial charge in [0.05, 0.1) is 0 Å². The summed E-state index contributed by atoms with van der Waals surface area (Å²) in [5, 5.41) is 12.9. The molecule has 0 aromatic heterocycles. The predicted molar refractivity (Wildman–Crippen MR) is 53.5 cm³/mol. The highest BCUT2D eigenvalue weighted by atomic mass is 16.2. The van der Waals surface area contributed by atoms with E-state index in [0.29, 0.717) is 0 Å². The molecule has 0 aliphatic carbocycles. The summed E-state index contributed by atoms with van der Waals surface area (Å²) < 4.78 is 0. The molecule has 1 N–H and O–H groups in total. The van der Waals surface area contributed by atoms with Crippen LogP contribution in [0.15, 0.2) is 30.3 Å². The minimum Gasteiger partial charge on any atom is -0.396 e. The summed E-state index contributed by atoms with van der Waals surface area (Å²) in [7, 11) is 0. The quantitative estimate of drug-likeness (QED) is 0.659. The molecular weight excluding hydrogens is 162 g/mol. The molecule has 1 aromatic rings. The number of benzene rings is 1. The van der Waals surface area contributed by atoms with Crippen molar-refractivity contribution in [2.24, 2.45) is 0 Å². The normalized spacial score (nSPS) is 10.2. The first-order valence-corrected chi connectivity index (χ1v) is 4.71. The summed E-state index contributed by atoms with van der Waals surface area (Å²) >= 11 is 0. The molecule has 0 fully saturated rings. The Morgan fingerprint density at radius 2 is 1.85 bits per heavy atom. The lowest BCUT2D eigenvalue weighted by molar-refractivity contribution is 0.283. The lowest BCUT2D eigenvalue weighted by Crippen LogP contribution is -2.06. The SMILES string of the molecule is OCCCC[N]Cc1ccccc1. The molecule has 1 aromatic carbocycles. The molecular formula is C11H16NO. The van der Waals surface area contributed by atoms with Crippen molar-refractivity contribution in [2.75, 3.05) is 13.2 Å². The Balaban J connectivity index is 2.07. The molecule has 2 heteroatoms. The lowest BCUT2D eigenvalue weighted by atomic mass is 10.2. The van der Waals surface area contributed by atoms with Gasteiger partial charge in [-0.25, -0.2) is 5.32 Å². The standard InChI is InChI=1S/C11H16NO/c13-9-5-4-8-12-10-11-6-2-1-3-7-11/h1-3,6-7,13H,4-5,8-10H2. The average molecular weight is 178 g/mol. The van der Waals surface area contributed by atoms with Gasteiger partial charge < -0.3 is 5.11 Å². The minimum absolute atomic E-state index is 0.279. The van der Waals surface area contributed by atoms with Gasteiger partial charge in [-0.05, 0) is 18.4 Å². The number of aliphatic hydroxyl groups excluding tert-OH is 1. The summed E-state index contributed by atoms with van der Waals surface area (Å²) in [5.74, 6) is 0. The first-order chi connectivity index (χ1) is 6.43. The highest BCUT2D eigenvalue weighted by Gasteiger charge is 1.91. The molecule has 0 saturated carbocycles. The summed E-state index contributed by atoms with van der Waals surface area (Å²) in [6.45, 7) is 1.93. The second-order valence-electron chi connectivity index (χ2n) is 3.02. The molecule has 1 radical (unpaired) electrons. The van der Waals surface area contributed by atoms with E-state index < -0.39 is 0 Å². The molecule has 71 valence electrons. The second-order valence-corrected chi connectivity index (χ2v) is 3.02.